The molecule has 0 rings (SSSR count). The zero-order chi connectivity index (χ0) is 10.6. The van der Waals surface area contributed by atoms with Crippen molar-refractivity contribution in [2.45, 2.75) is 47.1 Å². The average molecular weight is 208 g/mol. The van der Waals surface area contributed by atoms with Gasteiger partial charge >= 0.3 is 8.25 Å². The Hall–Kier alpha value is 0.150. The van der Waals surface area contributed by atoms with E-state index >= 15 is 0 Å². The van der Waals surface area contributed by atoms with Crippen LogP contribution in [-0.4, -0.2) is 11.0 Å². The molecule has 80 valence electrons. The first-order valence-electron chi connectivity index (χ1n) is 4.62. The standard InChI is InChI=1S/C9H21O3P/c1-7(2)8(12-13(10)11)6-9(3,4)5/h7-8,13H,6H2,1-5H3,(H,10,11). The summed E-state index contributed by atoms with van der Waals surface area (Å²) >= 11 is 0. The van der Waals surface area contributed by atoms with Gasteiger partial charge in [-0.2, -0.15) is 0 Å². The molecule has 0 aromatic rings. The van der Waals surface area contributed by atoms with Gasteiger partial charge in [-0.15, -0.1) is 0 Å². The summed E-state index contributed by atoms with van der Waals surface area (Å²) in [4.78, 5) is 8.69. The van der Waals surface area contributed by atoms with E-state index in [1.807, 2.05) is 13.8 Å². The summed E-state index contributed by atoms with van der Waals surface area (Å²) in [5.41, 5.74) is 0.131. The van der Waals surface area contributed by atoms with Crippen LogP contribution in [0.5, 0.6) is 0 Å². The zero-order valence-corrected chi connectivity index (χ0v) is 10.1. The summed E-state index contributed by atoms with van der Waals surface area (Å²) in [5.74, 6) is 0.278. The first kappa shape index (κ1) is 13.2. The molecule has 2 atom stereocenters. The van der Waals surface area contributed by atoms with E-state index in [1.165, 1.54) is 0 Å². The predicted octanol–water partition coefficient (Wildman–Crippen LogP) is 2.85. The molecule has 2 unspecified atom stereocenters. The smallest absolute Gasteiger partial charge is 0.316 e. The van der Waals surface area contributed by atoms with Gasteiger partial charge in [-0.25, -0.2) is 0 Å². The van der Waals surface area contributed by atoms with Crippen LogP contribution in [0.4, 0.5) is 0 Å². The molecular formula is C9H21O3P. The average Bonchev–Trinajstić information content (AvgIpc) is 1.81. The summed E-state index contributed by atoms with van der Waals surface area (Å²) in [7, 11) is -2.80. The minimum absolute atomic E-state index is 0.114. The van der Waals surface area contributed by atoms with E-state index in [1.54, 1.807) is 0 Å². The molecule has 0 saturated carbocycles. The van der Waals surface area contributed by atoms with Crippen molar-refractivity contribution in [3.63, 3.8) is 0 Å². The highest BCUT2D eigenvalue weighted by molar-refractivity contribution is 7.32. The molecule has 4 heteroatoms. The maximum Gasteiger partial charge on any atom is 0.316 e. The lowest BCUT2D eigenvalue weighted by Crippen LogP contribution is -2.23. The lowest BCUT2D eigenvalue weighted by atomic mass is 9.86. The van der Waals surface area contributed by atoms with Crippen LogP contribution in [0.1, 0.15) is 41.0 Å². The molecule has 0 aromatic heterocycles. The predicted molar refractivity (Wildman–Crippen MR) is 55.0 cm³/mol. The molecule has 0 aliphatic rings. The molecule has 0 aromatic carbocycles. The SMILES string of the molecule is CC(C)C(CC(C)(C)C)O[PH](=O)O. The molecule has 0 radical (unpaired) electrons. The van der Waals surface area contributed by atoms with Crippen molar-refractivity contribution in [1.29, 1.82) is 0 Å². The van der Waals surface area contributed by atoms with Gasteiger partial charge in [-0.05, 0) is 17.8 Å². The lowest BCUT2D eigenvalue weighted by molar-refractivity contribution is 0.0984. The molecule has 0 aliphatic carbocycles. The molecule has 0 amide bonds. The molecule has 0 saturated heterocycles. The summed E-state index contributed by atoms with van der Waals surface area (Å²) in [5, 5.41) is 0. The second kappa shape index (κ2) is 5.14. The van der Waals surface area contributed by atoms with Gasteiger partial charge in [0.05, 0.1) is 6.10 Å². The minimum atomic E-state index is -2.80. The topological polar surface area (TPSA) is 46.5 Å². The van der Waals surface area contributed by atoms with Crippen LogP contribution in [0.15, 0.2) is 0 Å². The Balaban J connectivity index is 4.19. The molecular weight excluding hydrogens is 187 g/mol. The van der Waals surface area contributed by atoms with E-state index < -0.39 is 8.25 Å². The first-order valence-corrected chi connectivity index (χ1v) is 5.88. The normalized spacial score (nSPS) is 17.5. The van der Waals surface area contributed by atoms with E-state index in [0.717, 1.165) is 6.42 Å². The van der Waals surface area contributed by atoms with E-state index in [4.69, 9.17) is 9.42 Å². The van der Waals surface area contributed by atoms with Crippen molar-refractivity contribution in [2.75, 3.05) is 0 Å². The maximum atomic E-state index is 10.6. The van der Waals surface area contributed by atoms with Gasteiger partial charge in [-0.1, -0.05) is 34.6 Å². The van der Waals surface area contributed by atoms with Gasteiger partial charge in [-0.3, -0.25) is 4.57 Å². The molecule has 0 fully saturated rings. The Bertz CT molecular complexity index is 172. The third-order valence-corrected chi connectivity index (χ3v) is 2.31. The monoisotopic (exact) mass is 208 g/mol. The van der Waals surface area contributed by atoms with Crippen molar-refractivity contribution >= 4 is 8.25 Å². The van der Waals surface area contributed by atoms with Gasteiger partial charge < -0.3 is 9.42 Å². The summed E-state index contributed by atoms with van der Waals surface area (Å²) in [6.45, 7) is 10.3. The van der Waals surface area contributed by atoms with Crippen LogP contribution in [0.25, 0.3) is 0 Å². The quantitative estimate of drug-likeness (QED) is 0.722. The van der Waals surface area contributed by atoms with E-state index in [2.05, 4.69) is 20.8 Å². The van der Waals surface area contributed by atoms with Crippen molar-refractivity contribution in [2.24, 2.45) is 11.3 Å². The highest BCUT2D eigenvalue weighted by Gasteiger charge is 2.23. The number of hydrogen-bond donors (Lipinski definition) is 1. The number of rotatable bonds is 4. The first-order chi connectivity index (χ1) is 5.72. The lowest BCUT2D eigenvalue weighted by Gasteiger charge is -2.27. The van der Waals surface area contributed by atoms with Crippen LogP contribution >= 0.6 is 8.25 Å². The third kappa shape index (κ3) is 7.24. The van der Waals surface area contributed by atoms with E-state index in [0.29, 0.717) is 0 Å². The van der Waals surface area contributed by atoms with Crippen LogP contribution in [0, 0.1) is 11.3 Å². The van der Waals surface area contributed by atoms with Crippen LogP contribution in [0.3, 0.4) is 0 Å². The second-order valence-corrected chi connectivity index (χ2v) is 5.70. The Kier molecular flexibility index (Phi) is 5.19. The van der Waals surface area contributed by atoms with Gasteiger partial charge in [0.25, 0.3) is 0 Å². The van der Waals surface area contributed by atoms with Crippen molar-refractivity contribution < 1.29 is 14.0 Å². The molecule has 1 N–H and O–H groups in total. The minimum Gasteiger partial charge on any atom is -0.326 e. The largest absolute Gasteiger partial charge is 0.326 e. The van der Waals surface area contributed by atoms with E-state index in [9.17, 15) is 4.57 Å². The van der Waals surface area contributed by atoms with Gasteiger partial charge in [0.1, 0.15) is 0 Å². The van der Waals surface area contributed by atoms with Crippen LogP contribution in [-0.2, 0) is 9.09 Å². The Labute approximate surface area is 81.4 Å². The molecule has 0 aliphatic heterocycles. The Morgan fingerprint density at radius 2 is 1.85 bits per heavy atom. The number of hydrogen-bond acceptors (Lipinski definition) is 2. The molecule has 3 nitrogen and oxygen atoms in total. The molecule has 0 heterocycles. The molecule has 0 spiro atoms. The molecule has 0 bridgehead atoms. The fourth-order valence-electron chi connectivity index (χ4n) is 1.15. The highest BCUT2D eigenvalue weighted by Crippen LogP contribution is 2.31. The maximum absolute atomic E-state index is 10.6. The van der Waals surface area contributed by atoms with Gasteiger partial charge in [0.15, 0.2) is 0 Å². The summed E-state index contributed by atoms with van der Waals surface area (Å²) in [6.07, 6.45) is 0.693. The fraction of sp³-hybridized carbons (Fsp3) is 1.00. The van der Waals surface area contributed by atoms with Crippen molar-refractivity contribution in [3.8, 4) is 0 Å². The summed E-state index contributed by atoms with van der Waals surface area (Å²) in [6, 6.07) is 0. The highest BCUT2D eigenvalue weighted by atomic mass is 31.1. The second-order valence-electron chi connectivity index (χ2n) is 4.93. The van der Waals surface area contributed by atoms with Crippen molar-refractivity contribution in [1.82, 2.24) is 0 Å². The Morgan fingerprint density at radius 3 is 2.08 bits per heavy atom. The summed E-state index contributed by atoms with van der Waals surface area (Å²) < 4.78 is 15.6. The zero-order valence-electron chi connectivity index (χ0n) is 9.13. The third-order valence-electron chi connectivity index (χ3n) is 1.81. The van der Waals surface area contributed by atoms with Crippen LogP contribution < -0.4 is 0 Å². The Morgan fingerprint density at radius 1 is 1.38 bits per heavy atom. The fourth-order valence-corrected chi connectivity index (χ4v) is 1.76. The van der Waals surface area contributed by atoms with E-state index in [-0.39, 0.29) is 17.4 Å². The van der Waals surface area contributed by atoms with Crippen molar-refractivity contribution in [3.05, 3.63) is 0 Å². The molecule has 13 heavy (non-hydrogen) atoms. The van der Waals surface area contributed by atoms with Gasteiger partial charge in [0.2, 0.25) is 0 Å². The van der Waals surface area contributed by atoms with Crippen LogP contribution in [0.2, 0.25) is 0 Å². The van der Waals surface area contributed by atoms with Gasteiger partial charge in [0, 0.05) is 0 Å².